The van der Waals surface area contributed by atoms with Crippen LogP contribution in [-0.2, 0) is 0 Å². The van der Waals surface area contributed by atoms with Gasteiger partial charge >= 0.3 is 0 Å². The van der Waals surface area contributed by atoms with Gasteiger partial charge in [-0.15, -0.1) is 0 Å². The normalized spacial score (nSPS) is 10.0. The molecule has 0 fully saturated rings. The molecular formula is C6H13NO2S. The Morgan fingerprint density at radius 1 is 1.70 bits per heavy atom. The Balaban J connectivity index is 3.26. The van der Waals surface area contributed by atoms with Crippen LogP contribution in [0.3, 0.4) is 0 Å². The van der Waals surface area contributed by atoms with Gasteiger partial charge in [0.25, 0.3) is 5.24 Å². The molecule has 0 aliphatic heterocycles. The average molecular weight is 163 g/mol. The molecule has 1 amide bonds. The summed E-state index contributed by atoms with van der Waals surface area (Å²) in [6.07, 6.45) is 0. The summed E-state index contributed by atoms with van der Waals surface area (Å²) in [7, 11) is 0. The van der Waals surface area contributed by atoms with Crippen LogP contribution >= 0.6 is 11.8 Å². The number of amides is 1. The van der Waals surface area contributed by atoms with Crippen molar-refractivity contribution in [2.24, 2.45) is 0 Å². The first-order valence-electron chi connectivity index (χ1n) is 3.21. The molecule has 0 bridgehead atoms. The van der Waals surface area contributed by atoms with E-state index in [1.54, 1.807) is 0 Å². The van der Waals surface area contributed by atoms with Gasteiger partial charge in [-0.05, 0) is 13.8 Å². The molecule has 0 aliphatic rings. The summed E-state index contributed by atoms with van der Waals surface area (Å²) in [4.78, 5) is 10.8. The summed E-state index contributed by atoms with van der Waals surface area (Å²) in [5, 5.41) is 11.0. The predicted octanol–water partition coefficient (Wildman–Crippen LogP) is 0.830. The molecule has 0 saturated carbocycles. The number of nitrogens with one attached hydrogen (secondary N) is 1. The maximum Gasteiger partial charge on any atom is 0.279 e. The molecule has 0 saturated heterocycles. The lowest BCUT2D eigenvalue weighted by Crippen LogP contribution is -2.26. The van der Waals surface area contributed by atoms with Gasteiger partial charge < -0.3 is 10.4 Å². The predicted molar refractivity (Wildman–Crippen MR) is 43.2 cm³/mol. The Morgan fingerprint density at radius 2 is 2.30 bits per heavy atom. The SMILES string of the molecule is CC(C)NC(=O)SCCO. The van der Waals surface area contributed by atoms with E-state index in [0.717, 1.165) is 11.8 Å². The molecule has 0 unspecified atom stereocenters. The molecule has 0 spiro atoms. The molecule has 4 heteroatoms. The van der Waals surface area contributed by atoms with E-state index in [9.17, 15) is 4.79 Å². The van der Waals surface area contributed by atoms with E-state index in [4.69, 9.17) is 5.11 Å². The van der Waals surface area contributed by atoms with Crippen molar-refractivity contribution < 1.29 is 9.90 Å². The molecule has 0 aliphatic carbocycles. The Labute approximate surface area is 65.2 Å². The second-order valence-electron chi connectivity index (χ2n) is 2.16. The van der Waals surface area contributed by atoms with Crippen LogP contribution in [0.2, 0.25) is 0 Å². The number of hydrogen-bond acceptors (Lipinski definition) is 3. The highest BCUT2D eigenvalue weighted by Crippen LogP contribution is 1.99. The topological polar surface area (TPSA) is 49.3 Å². The maximum absolute atomic E-state index is 10.8. The van der Waals surface area contributed by atoms with E-state index in [1.807, 2.05) is 13.8 Å². The number of aliphatic hydroxyl groups excluding tert-OH is 1. The number of carbonyl (C=O) groups is 1. The third-order valence-corrected chi connectivity index (χ3v) is 1.50. The lowest BCUT2D eigenvalue weighted by atomic mass is 10.4. The van der Waals surface area contributed by atoms with E-state index in [-0.39, 0.29) is 17.9 Å². The summed E-state index contributed by atoms with van der Waals surface area (Å²) in [6, 6.07) is 0.179. The minimum Gasteiger partial charge on any atom is -0.396 e. The van der Waals surface area contributed by atoms with Crippen molar-refractivity contribution in [3.05, 3.63) is 0 Å². The van der Waals surface area contributed by atoms with Crippen LogP contribution in [0.25, 0.3) is 0 Å². The first kappa shape index (κ1) is 9.78. The molecule has 60 valence electrons. The zero-order valence-electron chi connectivity index (χ0n) is 6.26. The molecule has 0 aromatic heterocycles. The van der Waals surface area contributed by atoms with E-state index >= 15 is 0 Å². The number of rotatable bonds is 3. The molecule has 2 N–H and O–H groups in total. The quantitative estimate of drug-likeness (QED) is 0.648. The molecular weight excluding hydrogens is 150 g/mol. The van der Waals surface area contributed by atoms with Gasteiger partial charge in [0.15, 0.2) is 0 Å². The number of thioether (sulfide) groups is 1. The third-order valence-electron chi connectivity index (χ3n) is 0.731. The average Bonchev–Trinajstić information content (AvgIpc) is 1.82. The van der Waals surface area contributed by atoms with Gasteiger partial charge in [0.2, 0.25) is 0 Å². The second-order valence-corrected chi connectivity index (χ2v) is 3.23. The van der Waals surface area contributed by atoms with E-state index in [0.29, 0.717) is 5.75 Å². The van der Waals surface area contributed by atoms with E-state index < -0.39 is 0 Å². The van der Waals surface area contributed by atoms with Crippen LogP contribution in [0.5, 0.6) is 0 Å². The van der Waals surface area contributed by atoms with Crippen molar-refractivity contribution in [2.45, 2.75) is 19.9 Å². The fraction of sp³-hybridized carbons (Fsp3) is 0.833. The highest BCUT2D eigenvalue weighted by atomic mass is 32.2. The largest absolute Gasteiger partial charge is 0.396 e. The molecule has 0 aromatic carbocycles. The molecule has 3 nitrogen and oxygen atoms in total. The summed E-state index contributed by atoms with van der Waals surface area (Å²) >= 11 is 1.10. The fourth-order valence-electron chi connectivity index (χ4n) is 0.416. The van der Waals surface area contributed by atoms with Crippen molar-refractivity contribution >= 4 is 17.0 Å². The summed E-state index contributed by atoms with van der Waals surface area (Å²) in [5.41, 5.74) is 0. The lowest BCUT2D eigenvalue weighted by molar-refractivity contribution is 0.258. The Kier molecular flexibility index (Phi) is 5.43. The van der Waals surface area contributed by atoms with Gasteiger partial charge in [0.1, 0.15) is 0 Å². The first-order valence-corrected chi connectivity index (χ1v) is 4.19. The summed E-state index contributed by atoms with van der Waals surface area (Å²) < 4.78 is 0. The first-order chi connectivity index (χ1) is 4.66. The lowest BCUT2D eigenvalue weighted by Gasteiger charge is -2.05. The smallest absolute Gasteiger partial charge is 0.279 e. The van der Waals surface area contributed by atoms with Crippen molar-refractivity contribution in [3.63, 3.8) is 0 Å². The molecule has 0 radical (unpaired) electrons. The van der Waals surface area contributed by atoms with Gasteiger partial charge in [-0.3, -0.25) is 4.79 Å². The van der Waals surface area contributed by atoms with Crippen molar-refractivity contribution in [2.75, 3.05) is 12.4 Å². The van der Waals surface area contributed by atoms with Gasteiger partial charge in [0, 0.05) is 11.8 Å². The minimum absolute atomic E-state index is 0.0518. The van der Waals surface area contributed by atoms with Crippen molar-refractivity contribution in [1.82, 2.24) is 5.32 Å². The van der Waals surface area contributed by atoms with Crippen LogP contribution < -0.4 is 5.32 Å². The van der Waals surface area contributed by atoms with E-state index in [2.05, 4.69) is 5.32 Å². The standard InChI is InChI=1S/C6H13NO2S/c1-5(2)7-6(9)10-4-3-8/h5,8H,3-4H2,1-2H3,(H,7,9). The number of carbonyl (C=O) groups excluding carboxylic acids is 1. The van der Waals surface area contributed by atoms with Crippen LogP contribution in [0.15, 0.2) is 0 Å². The zero-order valence-corrected chi connectivity index (χ0v) is 7.07. The van der Waals surface area contributed by atoms with Gasteiger partial charge in [0.05, 0.1) is 6.61 Å². The number of aliphatic hydroxyl groups is 1. The van der Waals surface area contributed by atoms with Gasteiger partial charge in [-0.2, -0.15) is 0 Å². The molecule has 0 aromatic rings. The van der Waals surface area contributed by atoms with Crippen LogP contribution in [0.4, 0.5) is 4.79 Å². The molecule has 0 atom stereocenters. The minimum atomic E-state index is -0.0657. The maximum atomic E-state index is 10.8. The monoisotopic (exact) mass is 163 g/mol. The Bertz CT molecular complexity index is 106. The second kappa shape index (κ2) is 5.56. The zero-order chi connectivity index (χ0) is 7.98. The van der Waals surface area contributed by atoms with Gasteiger partial charge in [-0.1, -0.05) is 11.8 Å². The van der Waals surface area contributed by atoms with Gasteiger partial charge in [-0.25, -0.2) is 0 Å². The number of hydrogen-bond donors (Lipinski definition) is 2. The molecule has 0 rings (SSSR count). The highest BCUT2D eigenvalue weighted by molar-refractivity contribution is 8.13. The molecule has 10 heavy (non-hydrogen) atoms. The highest BCUT2D eigenvalue weighted by Gasteiger charge is 2.01. The molecule has 0 heterocycles. The van der Waals surface area contributed by atoms with Crippen LogP contribution in [0, 0.1) is 0 Å². The van der Waals surface area contributed by atoms with E-state index in [1.165, 1.54) is 0 Å². The van der Waals surface area contributed by atoms with Crippen molar-refractivity contribution in [1.29, 1.82) is 0 Å². The van der Waals surface area contributed by atoms with Crippen molar-refractivity contribution in [3.8, 4) is 0 Å². The Morgan fingerprint density at radius 3 is 2.70 bits per heavy atom. The van der Waals surface area contributed by atoms with Crippen LogP contribution in [0.1, 0.15) is 13.8 Å². The summed E-state index contributed by atoms with van der Waals surface area (Å²) in [5.74, 6) is 0.471. The summed E-state index contributed by atoms with van der Waals surface area (Å²) in [6.45, 7) is 3.85. The fourth-order valence-corrected chi connectivity index (χ4v) is 1.01. The third kappa shape index (κ3) is 5.91. The Hall–Kier alpha value is -0.220. The van der Waals surface area contributed by atoms with Crippen LogP contribution in [-0.4, -0.2) is 28.7 Å².